The molecule has 0 unspecified atom stereocenters. The van der Waals surface area contributed by atoms with Crippen LogP contribution in [0.1, 0.15) is 18.9 Å². The number of allylic oxidation sites excluding steroid dienone is 2. The Morgan fingerprint density at radius 3 is 2.76 bits per heavy atom. The Bertz CT molecular complexity index is 1230. The van der Waals surface area contributed by atoms with Gasteiger partial charge in [0.05, 0.1) is 12.8 Å². The van der Waals surface area contributed by atoms with Gasteiger partial charge in [-0.15, -0.1) is 0 Å². The summed E-state index contributed by atoms with van der Waals surface area (Å²) in [6, 6.07) is 5.99. The Morgan fingerprint density at radius 1 is 1.24 bits per heavy atom. The minimum atomic E-state index is -0.365. The summed E-state index contributed by atoms with van der Waals surface area (Å²) in [7, 11) is 3.30. The lowest BCUT2D eigenvalue weighted by Crippen LogP contribution is -2.39. The number of hydrogen-bond donors (Lipinski definition) is 0. The highest BCUT2D eigenvalue weighted by molar-refractivity contribution is 5.78. The summed E-state index contributed by atoms with van der Waals surface area (Å²) < 4.78 is 10.2. The van der Waals surface area contributed by atoms with Crippen LogP contribution in [0.5, 0.6) is 5.75 Å². The topological polar surface area (TPSA) is 74.3 Å². The van der Waals surface area contributed by atoms with E-state index in [0.717, 1.165) is 30.0 Å². The smallest absolute Gasteiger partial charge is 0.332 e. The number of imidazole rings is 1. The first kappa shape index (κ1) is 19.0. The molecule has 1 aromatic carbocycles. The molecule has 0 amide bonds. The van der Waals surface area contributed by atoms with Crippen LogP contribution in [0.25, 0.3) is 11.2 Å². The normalized spacial score (nSPS) is 14.0. The van der Waals surface area contributed by atoms with E-state index in [1.165, 1.54) is 9.13 Å². The molecule has 0 fully saturated rings. The van der Waals surface area contributed by atoms with Crippen LogP contribution in [-0.4, -0.2) is 32.3 Å². The minimum absolute atomic E-state index is 0.244. The van der Waals surface area contributed by atoms with Gasteiger partial charge in [0, 0.05) is 26.7 Å². The summed E-state index contributed by atoms with van der Waals surface area (Å²) in [6.45, 7) is 5.56. The lowest BCUT2D eigenvalue weighted by molar-refractivity contribution is 0.414. The first-order chi connectivity index (χ1) is 14.0. The number of aryl methyl sites for hydroxylation is 3. The summed E-state index contributed by atoms with van der Waals surface area (Å²) in [5.41, 5.74) is 2.21. The average molecular weight is 395 g/mol. The maximum Gasteiger partial charge on any atom is 0.332 e. The fourth-order valence-electron chi connectivity index (χ4n) is 3.88. The van der Waals surface area contributed by atoms with Crippen molar-refractivity contribution in [3.63, 3.8) is 0 Å². The van der Waals surface area contributed by atoms with Gasteiger partial charge in [-0.05, 0) is 38.0 Å². The van der Waals surface area contributed by atoms with Gasteiger partial charge in [0.2, 0.25) is 5.95 Å². The van der Waals surface area contributed by atoms with Gasteiger partial charge in [-0.3, -0.25) is 13.9 Å². The van der Waals surface area contributed by atoms with Crippen molar-refractivity contribution in [2.24, 2.45) is 7.05 Å². The van der Waals surface area contributed by atoms with Gasteiger partial charge in [-0.25, -0.2) is 4.79 Å². The Balaban J connectivity index is 1.99. The highest BCUT2D eigenvalue weighted by Crippen LogP contribution is 2.37. The van der Waals surface area contributed by atoms with E-state index in [0.29, 0.717) is 23.7 Å². The van der Waals surface area contributed by atoms with Crippen molar-refractivity contribution in [2.45, 2.75) is 33.4 Å². The summed E-state index contributed by atoms with van der Waals surface area (Å²) in [4.78, 5) is 32.7. The SMILES string of the molecule is C/C=C/Cn1c(=O)c2c(nc3n2CCCN3c2cc(C)ccc2OC)n(C)c1=O. The van der Waals surface area contributed by atoms with E-state index in [-0.39, 0.29) is 17.8 Å². The van der Waals surface area contributed by atoms with Crippen LogP contribution in [0, 0.1) is 6.92 Å². The monoisotopic (exact) mass is 395 g/mol. The number of hydrogen-bond acceptors (Lipinski definition) is 5. The molecule has 3 aromatic rings. The number of ether oxygens (including phenoxy) is 1. The van der Waals surface area contributed by atoms with Crippen molar-refractivity contribution in [1.29, 1.82) is 0 Å². The zero-order chi connectivity index (χ0) is 20.7. The third-order valence-electron chi connectivity index (χ3n) is 5.37. The van der Waals surface area contributed by atoms with Gasteiger partial charge in [0.25, 0.3) is 5.56 Å². The van der Waals surface area contributed by atoms with Crippen LogP contribution in [0.3, 0.4) is 0 Å². The van der Waals surface area contributed by atoms with Crippen molar-refractivity contribution in [3.8, 4) is 5.75 Å². The van der Waals surface area contributed by atoms with E-state index in [1.807, 2.05) is 36.6 Å². The second-order valence-electron chi connectivity index (χ2n) is 7.24. The number of methoxy groups -OCH3 is 1. The van der Waals surface area contributed by atoms with Gasteiger partial charge < -0.3 is 14.2 Å². The van der Waals surface area contributed by atoms with E-state index in [9.17, 15) is 9.59 Å². The van der Waals surface area contributed by atoms with E-state index in [2.05, 4.69) is 11.0 Å². The van der Waals surface area contributed by atoms with Crippen molar-refractivity contribution in [1.82, 2.24) is 18.7 Å². The molecule has 0 radical (unpaired) electrons. The maximum atomic E-state index is 13.2. The van der Waals surface area contributed by atoms with Gasteiger partial charge in [-0.2, -0.15) is 4.98 Å². The third kappa shape index (κ3) is 2.95. The summed E-state index contributed by atoms with van der Waals surface area (Å²) >= 11 is 0. The molecule has 0 bridgehead atoms. The number of fused-ring (bicyclic) bond motifs is 3. The number of aromatic nitrogens is 4. The van der Waals surface area contributed by atoms with Crippen LogP contribution in [0.4, 0.5) is 11.6 Å². The zero-order valence-electron chi connectivity index (χ0n) is 17.2. The Kier molecular flexibility index (Phi) is 4.77. The van der Waals surface area contributed by atoms with E-state index in [4.69, 9.17) is 9.72 Å². The average Bonchev–Trinajstić information content (AvgIpc) is 3.12. The van der Waals surface area contributed by atoms with Crippen LogP contribution >= 0.6 is 0 Å². The van der Waals surface area contributed by atoms with Crippen LogP contribution in [0.15, 0.2) is 39.9 Å². The molecule has 8 heteroatoms. The van der Waals surface area contributed by atoms with Crippen molar-refractivity contribution >= 4 is 22.8 Å². The van der Waals surface area contributed by atoms with Gasteiger partial charge in [0.15, 0.2) is 11.2 Å². The number of anilines is 2. The second kappa shape index (κ2) is 7.27. The molecule has 1 aliphatic heterocycles. The molecule has 3 heterocycles. The molecule has 2 aromatic heterocycles. The molecule has 0 atom stereocenters. The lowest BCUT2D eigenvalue weighted by atomic mass is 10.1. The molecular formula is C21H25N5O3. The third-order valence-corrected chi connectivity index (χ3v) is 5.37. The first-order valence-electron chi connectivity index (χ1n) is 9.71. The van der Waals surface area contributed by atoms with Crippen molar-refractivity contribution in [2.75, 3.05) is 18.6 Å². The maximum absolute atomic E-state index is 13.2. The number of nitrogens with zero attached hydrogens (tertiary/aromatic N) is 5. The summed E-state index contributed by atoms with van der Waals surface area (Å²) in [5.74, 6) is 1.40. The molecule has 1 aliphatic rings. The molecule has 0 N–H and O–H groups in total. The first-order valence-corrected chi connectivity index (χ1v) is 9.71. The predicted molar refractivity (Wildman–Crippen MR) is 113 cm³/mol. The molecule has 0 spiro atoms. The van der Waals surface area contributed by atoms with E-state index < -0.39 is 0 Å². The Labute approximate surface area is 168 Å². The largest absolute Gasteiger partial charge is 0.495 e. The minimum Gasteiger partial charge on any atom is -0.495 e. The van der Waals surface area contributed by atoms with Gasteiger partial charge in [-0.1, -0.05) is 18.2 Å². The van der Waals surface area contributed by atoms with Crippen LogP contribution < -0.4 is 20.9 Å². The predicted octanol–water partition coefficient (Wildman–Crippen LogP) is 2.33. The molecule has 0 aliphatic carbocycles. The van der Waals surface area contributed by atoms with E-state index in [1.54, 1.807) is 20.2 Å². The molecule has 8 nitrogen and oxygen atoms in total. The van der Waals surface area contributed by atoms with Crippen LogP contribution in [-0.2, 0) is 20.1 Å². The van der Waals surface area contributed by atoms with Gasteiger partial charge in [0.1, 0.15) is 5.75 Å². The Hall–Kier alpha value is -3.29. The molecule has 4 rings (SSSR count). The number of rotatable bonds is 4. The van der Waals surface area contributed by atoms with Gasteiger partial charge >= 0.3 is 5.69 Å². The van der Waals surface area contributed by atoms with Crippen molar-refractivity contribution < 1.29 is 4.74 Å². The van der Waals surface area contributed by atoms with Crippen LogP contribution in [0.2, 0.25) is 0 Å². The second-order valence-corrected chi connectivity index (χ2v) is 7.24. The molecule has 0 saturated carbocycles. The number of benzene rings is 1. The summed E-state index contributed by atoms with van der Waals surface area (Å²) in [5, 5.41) is 0. The molecule has 29 heavy (non-hydrogen) atoms. The Morgan fingerprint density at radius 2 is 2.03 bits per heavy atom. The highest BCUT2D eigenvalue weighted by atomic mass is 16.5. The molecule has 152 valence electrons. The molecule has 0 saturated heterocycles. The standard InChI is InChI=1S/C21H25N5O3/c1-5-6-10-26-19(27)17-18(23(3)21(26)28)22-20-24(11-7-12-25(17)20)15-13-14(2)8-9-16(15)29-4/h5-6,8-9,13H,7,10-12H2,1-4H3/b6-5+. The zero-order valence-corrected chi connectivity index (χ0v) is 17.2. The molecular weight excluding hydrogens is 370 g/mol. The highest BCUT2D eigenvalue weighted by Gasteiger charge is 2.28. The fourth-order valence-corrected chi connectivity index (χ4v) is 3.88. The van der Waals surface area contributed by atoms with Crippen molar-refractivity contribution in [3.05, 3.63) is 56.8 Å². The quantitative estimate of drug-likeness (QED) is 0.634. The fraction of sp³-hybridized carbons (Fsp3) is 0.381. The lowest BCUT2D eigenvalue weighted by Gasteiger charge is -2.30. The summed E-state index contributed by atoms with van der Waals surface area (Å²) in [6.07, 6.45) is 4.48. The van der Waals surface area contributed by atoms with E-state index >= 15 is 0 Å².